The molecule has 0 aliphatic rings. The highest BCUT2D eigenvalue weighted by atomic mass is 32.1. The Balaban J connectivity index is 2.09. The van der Waals surface area contributed by atoms with Gasteiger partial charge in [-0.1, -0.05) is 12.1 Å². The summed E-state index contributed by atoms with van der Waals surface area (Å²) < 4.78 is 10.7. The summed E-state index contributed by atoms with van der Waals surface area (Å²) in [6.45, 7) is 9.57. The number of rotatable bonds is 6. The maximum Gasteiger partial charge on any atom is 0.341 e. The smallest absolute Gasteiger partial charge is 0.341 e. The molecule has 0 saturated heterocycles. The van der Waals surface area contributed by atoms with E-state index in [0.717, 1.165) is 21.6 Å². The van der Waals surface area contributed by atoms with Gasteiger partial charge in [0.05, 0.1) is 12.2 Å². The first-order valence-corrected chi connectivity index (χ1v) is 8.92. The minimum absolute atomic E-state index is 0.122. The number of carbonyl (C=O) groups is 2. The van der Waals surface area contributed by atoms with Crippen LogP contribution in [0.5, 0.6) is 5.75 Å². The van der Waals surface area contributed by atoms with Crippen LogP contribution in [0.25, 0.3) is 0 Å². The standard InChI is InChI=1S/C19H23NO4S/c1-6-23-19(22)17-13(4)14(5)25-18(17)20-16(21)10-24-15-9-11(2)7-8-12(15)3/h7-9H,6,10H2,1-5H3,(H,20,21). The second kappa shape index (κ2) is 8.16. The van der Waals surface area contributed by atoms with Gasteiger partial charge in [-0.15, -0.1) is 11.3 Å². The van der Waals surface area contributed by atoms with Crippen molar-refractivity contribution in [2.24, 2.45) is 0 Å². The molecule has 1 heterocycles. The molecule has 0 unspecified atom stereocenters. The Morgan fingerprint density at radius 3 is 2.56 bits per heavy atom. The number of anilines is 1. The molecular weight excluding hydrogens is 338 g/mol. The van der Waals surface area contributed by atoms with E-state index >= 15 is 0 Å². The molecule has 0 bridgehead atoms. The van der Waals surface area contributed by atoms with Crippen LogP contribution in [0.1, 0.15) is 38.8 Å². The topological polar surface area (TPSA) is 64.6 Å². The summed E-state index contributed by atoms with van der Waals surface area (Å²) in [7, 11) is 0. The van der Waals surface area contributed by atoms with Crippen molar-refractivity contribution in [1.29, 1.82) is 0 Å². The Kier molecular flexibility index (Phi) is 6.20. The number of hydrogen-bond donors (Lipinski definition) is 1. The van der Waals surface area contributed by atoms with E-state index in [0.29, 0.717) is 16.3 Å². The average Bonchev–Trinajstić information content (AvgIpc) is 2.82. The lowest BCUT2D eigenvalue weighted by Gasteiger charge is -2.10. The number of esters is 1. The van der Waals surface area contributed by atoms with Gasteiger partial charge in [0.1, 0.15) is 10.8 Å². The number of benzene rings is 1. The molecule has 2 aromatic rings. The van der Waals surface area contributed by atoms with Crippen LogP contribution in [0, 0.1) is 27.7 Å². The van der Waals surface area contributed by atoms with Gasteiger partial charge in [0, 0.05) is 4.88 Å². The third-order valence-electron chi connectivity index (χ3n) is 3.82. The van der Waals surface area contributed by atoms with Gasteiger partial charge in [0.2, 0.25) is 0 Å². The van der Waals surface area contributed by atoms with Crippen LogP contribution < -0.4 is 10.1 Å². The predicted octanol–water partition coefficient (Wildman–Crippen LogP) is 4.18. The molecule has 0 aliphatic heterocycles. The second-order valence-corrected chi connectivity index (χ2v) is 7.04. The summed E-state index contributed by atoms with van der Waals surface area (Å²) in [6.07, 6.45) is 0. The first-order chi connectivity index (χ1) is 11.8. The molecule has 2 rings (SSSR count). The number of amides is 1. The number of carbonyl (C=O) groups excluding carboxylic acids is 2. The molecule has 0 aliphatic carbocycles. The van der Waals surface area contributed by atoms with Gasteiger partial charge < -0.3 is 14.8 Å². The van der Waals surface area contributed by atoms with Crippen molar-refractivity contribution in [3.63, 3.8) is 0 Å². The minimum atomic E-state index is -0.421. The van der Waals surface area contributed by atoms with Crippen molar-refractivity contribution in [2.45, 2.75) is 34.6 Å². The molecule has 6 heteroatoms. The fourth-order valence-corrected chi connectivity index (χ4v) is 3.40. The molecule has 0 spiro atoms. The third-order valence-corrected chi connectivity index (χ3v) is 4.94. The molecule has 0 atom stereocenters. The van der Waals surface area contributed by atoms with Gasteiger partial charge in [0.15, 0.2) is 6.61 Å². The van der Waals surface area contributed by atoms with Crippen LogP contribution >= 0.6 is 11.3 Å². The van der Waals surface area contributed by atoms with Crippen molar-refractivity contribution in [1.82, 2.24) is 0 Å². The van der Waals surface area contributed by atoms with E-state index in [1.54, 1.807) is 6.92 Å². The fraction of sp³-hybridized carbons (Fsp3) is 0.368. The molecular formula is C19H23NO4S. The number of ether oxygens (including phenoxy) is 2. The maximum atomic E-state index is 12.3. The fourth-order valence-electron chi connectivity index (χ4n) is 2.33. The molecule has 1 amide bonds. The number of nitrogens with one attached hydrogen (secondary N) is 1. The zero-order valence-electron chi connectivity index (χ0n) is 15.2. The number of hydrogen-bond acceptors (Lipinski definition) is 5. The summed E-state index contributed by atoms with van der Waals surface area (Å²) in [5.41, 5.74) is 3.28. The van der Waals surface area contributed by atoms with Gasteiger partial charge in [-0.2, -0.15) is 0 Å². The van der Waals surface area contributed by atoms with E-state index in [-0.39, 0.29) is 19.1 Å². The van der Waals surface area contributed by atoms with Crippen molar-refractivity contribution < 1.29 is 19.1 Å². The maximum absolute atomic E-state index is 12.3. The molecule has 25 heavy (non-hydrogen) atoms. The van der Waals surface area contributed by atoms with Gasteiger partial charge in [0.25, 0.3) is 5.91 Å². The van der Waals surface area contributed by atoms with Gasteiger partial charge >= 0.3 is 5.97 Å². The van der Waals surface area contributed by atoms with Crippen LogP contribution in [0.15, 0.2) is 18.2 Å². The normalized spacial score (nSPS) is 10.4. The van der Waals surface area contributed by atoms with Crippen LogP contribution in [0.4, 0.5) is 5.00 Å². The van der Waals surface area contributed by atoms with Crippen LogP contribution in [-0.4, -0.2) is 25.1 Å². The number of aryl methyl sites for hydroxylation is 3. The van der Waals surface area contributed by atoms with Crippen LogP contribution in [-0.2, 0) is 9.53 Å². The highest BCUT2D eigenvalue weighted by Crippen LogP contribution is 2.33. The summed E-state index contributed by atoms with van der Waals surface area (Å²) in [6, 6.07) is 5.84. The summed E-state index contributed by atoms with van der Waals surface area (Å²) in [5.74, 6) is -0.0536. The van der Waals surface area contributed by atoms with E-state index in [9.17, 15) is 9.59 Å². The van der Waals surface area contributed by atoms with Crippen molar-refractivity contribution in [3.8, 4) is 5.75 Å². The predicted molar refractivity (Wildman–Crippen MR) is 99.8 cm³/mol. The van der Waals surface area contributed by atoms with Crippen LogP contribution in [0.2, 0.25) is 0 Å². The zero-order chi connectivity index (χ0) is 18.6. The lowest BCUT2D eigenvalue weighted by Crippen LogP contribution is -2.21. The molecule has 134 valence electrons. The van der Waals surface area contributed by atoms with Gasteiger partial charge in [-0.3, -0.25) is 4.79 Å². The summed E-state index contributed by atoms with van der Waals surface area (Å²) in [5, 5.41) is 3.27. The molecule has 0 saturated carbocycles. The summed E-state index contributed by atoms with van der Waals surface area (Å²) in [4.78, 5) is 25.4. The minimum Gasteiger partial charge on any atom is -0.483 e. The SMILES string of the molecule is CCOC(=O)c1c(NC(=O)COc2cc(C)ccc2C)sc(C)c1C. The third kappa shape index (κ3) is 4.60. The quantitative estimate of drug-likeness (QED) is 0.784. The van der Waals surface area contributed by atoms with Crippen LogP contribution in [0.3, 0.4) is 0 Å². The Labute approximate surface area is 152 Å². The lowest BCUT2D eigenvalue weighted by atomic mass is 10.1. The van der Waals surface area contributed by atoms with E-state index in [1.165, 1.54) is 11.3 Å². The molecule has 0 radical (unpaired) electrons. The molecule has 5 nitrogen and oxygen atoms in total. The molecule has 1 aromatic carbocycles. The molecule has 1 aromatic heterocycles. The lowest BCUT2D eigenvalue weighted by molar-refractivity contribution is -0.118. The largest absolute Gasteiger partial charge is 0.483 e. The molecule has 0 fully saturated rings. The van der Waals surface area contributed by atoms with Gasteiger partial charge in [-0.25, -0.2) is 4.79 Å². The van der Waals surface area contributed by atoms with Crippen molar-refractivity contribution in [2.75, 3.05) is 18.5 Å². The second-order valence-electron chi connectivity index (χ2n) is 5.81. The summed E-state index contributed by atoms with van der Waals surface area (Å²) >= 11 is 1.36. The van der Waals surface area contributed by atoms with E-state index in [2.05, 4.69) is 5.32 Å². The zero-order valence-corrected chi connectivity index (χ0v) is 16.0. The highest BCUT2D eigenvalue weighted by molar-refractivity contribution is 7.16. The van der Waals surface area contributed by atoms with E-state index < -0.39 is 5.97 Å². The Morgan fingerprint density at radius 1 is 1.16 bits per heavy atom. The average molecular weight is 361 g/mol. The van der Waals surface area contributed by atoms with E-state index in [1.807, 2.05) is 45.9 Å². The Morgan fingerprint density at radius 2 is 1.88 bits per heavy atom. The first-order valence-electron chi connectivity index (χ1n) is 8.10. The van der Waals surface area contributed by atoms with Crippen molar-refractivity contribution in [3.05, 3.63) is 45.3 Å². The highest BCUT2D eigenvalue weighted by Gasteiger charge is 2.22. The number of thiophene rings is 1. The van der Waals surface area contributed by atoms with Crippen molar-refractivity contribution >= 4 is 28.2 Å². The Bertz CT molecular complexity index is 795. The van der Waals surface area contributed by atoms with Gasteiger partial charge in [-0.05, 0) is 57.4 Å². The first kappa shape index (κ1) is 19.0. The molecule has 1 N–H and O–H groups in total. The monoisotopic (exact) mass is 361 g/mol. The Hall–Kier alpha value is -2.34. The van der Waals surface area contributed by atoms with E-state index in [4.69, 9.17) is 9.47 Å².